The molecule has 0 radical (unpaired) electrons. The summed E-state index contributed by atoms with van der Waals surface area (Å²) in [6.45, 7) is 14.1. The zero-order chi connectivity index (χ0) is 48.9. The SMILES string of the molecule is CC1=Cc2c(ccc(-n3ccn(-c4c5c(nn4-c4cc(C)c(F)c(C)c4)CCN(C(=O)c4cc6cc([C@H]7CCOC(C)(C)C7)ccc6n4[C@@]4(c6noc(=O)[nH]6)C[C@@H]4C)[C@H]5C)c3=O)c2F)S(=O)(C2CC2)=N1. The van der Waals surface area contributed by atoms with Crippen LogP contribution < -0.4 is 11.4 Å². The van der Waals surface area contributed by atoms with E-state index in [1.807, 2.05) is 17.6 Å². The van der Waals surface area contributed by atoms with Gasteiger partial charge in [0.05, 0.1) is 43.3 Å². The number of aromatic nitrogens is 7. The van der Waals surface area contributed by atoms with Gasteiger partial charge in [-0.25, -0.2) is 27.3 Å². The van der Waals surface area contributed by atoms with Crippen molar-refractivity contribution >= 4 is 32.6 Å². The lowest BCUT2D eigenvalue weighted by molar-refractivity contribution is -0.0592. The predicted molar refractivity (Wildman–Crippen MR) is 258 cm³/mol. The van der Waals surface area contributed by atoms with Crippen molar-refractivity contribution < 1.29 is 27.0 Å². The number of nitrogens with one attached hydrogen (secondary N) is 1. The van der Waals surface area contributed by atoms with Crippen molar-refractivity contribution in [3.8, 4) is 17.2 Å². The van der Waals surface area contributed by atoms with Crippen molar-refractivity contribution in [2.24, 2.45) is 10.3 Å². The quantitative estimate of drug-likeness (QED) is 0.158. The van der Waals surface area contributed by atoms with Crippen LogP contribution >= 0.6 is 0 Å². The molecule has 70 heavy (non-hydrogen) atoms. The van der Waals surface area contributed by atoms with Gasteiger partial charge in [-0.15, -0.1) is 0 Å². The summed E-state index contributed by atoms with van der Waals surface area (Å²) >= 11 is 0. The first-order chi connectivity index (χ1) is 33.4. The molecule has 7 heterocycles. The van der Waals surface area contributed by atoms with E-state index in [9.17, 15) is 13.8 Å². The molecule has 3 aromatic carbocycles. The molecular weight excluding hydrogens is 917 g/mol. The number of fused-ring (bicyclic) bond motifs is 3. The number of carbonyl (C=O) groups excluding carboxylic acids is 1. The van der Waals surface area contributed by atoms with Gasteiger partial charge in [-0.05, 0) is 151 Å². The molecule has 7 aromatic rings. The number of aryl methyl sites for hydroxylation is 2. The molecule has 1 saturated heterocycles. The largest absolute Gasteiger partial charge is 0.438 e. The summed E-state index contributed by atoms with van der Waals surface area (Å²) in [6.07, 6.45) is 8.72. The van der Waals surface area contributed by atoms with Gasteiger partial charge < -0.3 is 14.2 Å². The molecule has 0 bridgehead atoms. The number of hydrogen-bond acceptors (Lipinski definition) is 9. The number of carbonyl (C=O) groups is 1. The molecule has 2 saturated carbocycles. The standard InChI is InChI=1S/C52H53F2N9O6S/c1-27-20-35(21-28(2)44(27)53)63-46(61-18-17-60(50(61)66)40-12-13-42-37(45(40)54)22-30(4)58-70(42,67)36-9-10-36)43-31(5)59(16-14-38(43)56-63)47(64)41-24-34-23-32(33-15-19-68-51(6,7)26-33)8-11-39(34)62(41)52(25-29(52)3)48-55-49(65)69-57-48/h8,11-13,17-18,20-24,29,31,33,36H,9-10,14-16,19,25-26H2,1-7H3,(H,55,57,65)/t29-,31-,33-,52-,70?/m0/s1. The van der Waals surface area contributed by atoms with Crippen molar-refractivity contribution in [2.45, 2.75) is 120 Å². The first-order valence-corrected chi connectivity index (χ1v) is 25.6. The van der Waals surface area contributed by atoms with Gasteiger partial charge in [0.2, 0.25) is 0 Å². The minimum atomic E-state index is -2.88. The number of benzene rings is 3. The van der Waals surface area contributed by atoms with Crippen LogP contribution in [-0.4, -0.2) is 72.6 Å². The number of aromatic amines is 1. The third kappa shape index (κ3) is 6.64. The van der Waals surface area contributed by atoms with E-state index in [2.05, 4.69) is 53.5 Å². The normalized spacial score (nSPS) is 24.8. The Balaban J connectivity index is 0.994. The predicted octanol–water partition coefficient (Wildman–Crippen LogP) is 8.92. The number of imidazole rings is 1. The number of H-pyrrole nitrogens is 1. The second-order valence-corrected chi connectivity index (χ2v) is 23.1. The molecule has 4 aromatic heterocycles. The maximum absolute atomic E-state index is 16.8. The van der Waals surface area contributed by atoms with Crippen molar-refractivity contribution in [3.05, 3.63) is 144 Å². The Morgan fingerprint density at radius 1 is 0.929 bits per heavy atom. The third-order valence-corrected chi connectivity index (χ3v) is 18.3. The van der Waals surface area contributed by atoms with Crippen LogP contribution in [0.5, 0.6) is 0 Å². The van der Waals surface area contributed by atoms with Crippen molar-refractivity contribution in [2.75, 3.05) is 13.2 Å². The van der Waals surface area contributed by atoms with Crippen LogP contribution in [0.4, 0.5) is 8.78 Å². The zero-order valence-electron chi connectivity index (χ0n) is 40.0. The lowest BCUT2D eigenvalue weighted by atomic mass is 9.83. The van der Waals surface area contributed by atoms with Crippen LogP contribution in [-0.2, 0) is 26.4 Å². The molecule has 18 heteroatoms. The maximum Gasteiger partial charge on any atom is 0.438 e. The Morgan fingerprint density at radius 3 is 2.36 bits per heavy atom. The summed E-state index contributed by atoms with van der Waals surface area (Å²) < 4.78 is 68.1. The topological polar surface area (TPSA) is 168 Å². The van der Waals surface area contributed by atoms with E-state index in [1.165, 1.54) is 21.4 Å². The molecule has 1 amide bonds. The number of allylic oxidation sites excluding steroid dienone is 1. The molecule has 1 N–H and O–H groups in total. The monoisotopic (exact) mass is 969 g/mol. The van der Waals surface area contributed by atoms with Crippen molar-refractivity contribution in [1.82, 2.24) is 38.5 Å². The highest BCUT2D eigenvalue weighted by molar-refractivity contribution is 7.94. The molecule has 3 aliphatic heterocycles. The number of halogens is 2. The molecule has 2 aliphatic carbocycles. The van der Waals surface area contributed by atoms with E-state index in [1.54, 1.807) is 60.8 Å². The molecule has 12 rings (SSSR count). The lowest BCUT2D eigenvalue weighted by Crippen LogP contribution is -2.41. The van der Waals surface area contributed by atoms with Gasteiger partial charge in [0.25, 0.3) is 5.91 Å². The summed E-state index contributed by atoms with van der Waals surface area (Å²) in [5.41, 5.74) is 3.67. The van der Waals surface area contributed by atoms with Crippen molar-refractivity contribution in [3.63, 3.8) is 0 Å². The summed E-state index contributed by atoms with van der Waals surface area (Å²) in [5, 5.41) is 9.99. The van der Waals surface area contributed by atoms with Crippen LogP contribution in [0.2, 0.25) is 0 Å². The van der Waals surface area contributed by atoms with Crippen molar-refractivity contribution in [1.29, 1.82) is 0 Å². The molecule has 0 spiro atoms. The van der Waals surface area contributed by atoms with Gasteiger partial charge >= 0.3 is 11.4 Å². The van der Waals surface area contributed by atoms with Crippen LogP contribution in [0.25, 0.3) is 34.2 Å². The average molecular weight is 970 g/mol. The fraction of sp³-hybridized carbons (Fsp3) is 0.404. The van der Waals surface area contributed by atoms with E-state index in [0.717, 1.165) is 42.1 Å². The molecule has 5 atom stereocenters. The number of rotatable bonds is 8. The van der Waals surface area contributed by atoms with E-state index in [0.29, 0.717) is 75.4 Å². The zero-order valence-corrected chi connectivity index (χ0v) is 40.8. The Morgan fingerprint density at radius 2 is 1.67 bits per heavy atom. The number of amides is 1. The summed E-state index contributed by atoms with van der Waals surface area (Å²) in [7, 11) is -2.88. The molecule has 1 unspecified atom stereocenters. The summed E-state index contributed by atoms with van der Waals surface area (Å²) in [4.78, 5) is 48.0. The van der Waals surface area contributed by atoms with Gasteiger partial charge in [0, 0.05) is 64.9 Å². The van der Waals surface area contributed by atoms with Gasteiger partial charge in [-0.2, -0.15) is 9.46 Å². The molecular formula is C52H53F2N9O6S. The number of ether oxygens (including phenoxy) is 1. The number of nitrogens with zero attached hydrogens (tertiary/aromatic N) is 8. The van der Waals surface area contributed by atoms with Gasteiger partial charge in [-0.3, -0.25) is 23.4 Å². The Hall–Kier alpha value is -6.66. The Bertz CT molecular complexity index is 3670. The first kappa shape index (κ1) is 44.5. The van der Waals surface area contributed by atoms with E-state index in [-0.39, 0.29) is 52.2 Å². The highest BCUT2D eigenvalue weighted by Crippen LogP contribution is 2.56. The maximum atomic E-state index is 16.8. The second-order valence-electron chi connectivity index (χ2n) is 20.6. The van der Waals surface area contributed by atoms with Gasteiger partial charge in [0.15, 0.2) is 11.6 Å². The summed E-state index contributed by atoms with van der Waals surface area (Å²) in [6, 6.07) is 14.0. The molecule has 15 nitrogen and oxygen atoms in total. The lowest BCUT2D eigenvalue weighted by Gasteiger charge is -2.35. The minimum Gasteiger partial charge on any atom is -0.376 e. The fourth-order valence-corrected chi connectivity index (χ4v) is 14.3. The van der Waals surface area contributed by atoms with Crippen LogP contribution in [0.3, 0.4) is 0 Å². The average Bonchev–Trinajstić information content (AvgIpc) is 4.06. The highest BCUT2D eigenvalue weighted by atomic mass is 32.2. The van der Waals surface area contributed by atoms with Crippen LogP contribution in [0.15, 0.2) is 90.0 Å². The smallest absolute Gasteiger partial charge is 0.376 e. The minimum absolute atomic E-state index is 0.0163. The molecule has 5 aliphatic rings. The Kier molecular flexibility index (Phi) is 9.81. The Labute approximate surface area is 401 Å². The second kappa shape index (κ2) is 15.4. The van der Waals surface area contributed by atoms with E-state index >= 15 is 13.6 Å². The van der Waals surface area contributed by atoms with Crippen LogP contribution in [0.1, 0.15) is 129 Å². The van der Waals surface area contributed by atoms with Gasteiger partial charge in [-0.1, -0.05) is 18.1 Å². The van der Waals surface area contributed by atoms with E-state index < -0.39 is 38.6 Å². The first-order valence-electron chi connectivity index (χ1n) is 24.0. The van der Waals surface area contributed by atoms with Gasteiger partial charge in [0.1, 0.15) is 22.9 Å². The fourth-order valence-electron chi connectivity index (χ4n) is 11.7. The van der Waals surface area contributed by atoms with Crippen LogP contribution in [0, 0.1) is 31.4 Å². The number of hydrogen-bond donors (Lipinski definition) is 1. The summed E-state index contributed by atoms with van der Waals surface area (Å²) in [5.74, 6) is -1.13. The molecule has 362 valence electrons. The third-order valence-electron chi connectivity index (χ3n) is 15.4. The van der Waals surface area contributed by atoms with E-state index in [4.69, 9.17) is 14.4 Å². The highest BCUT2D eigenvalue weighted by Gasteiger charge is 2.59. The molecule has 3 fully saturated rings.